The number of nitrogens with zero attached hydrogens (tertiary/aromatic N) is 2. The lowest BCUT2D eigenvalue weighted by atomic mass is 9.74. The highest BCUT2D eigenvalue weighted by atomic mass is 35.5. The predicted molar refractivity (Wildman–Crippen MR) is 92.0 cm³/mol. The minimum Gasteiger partial charge on any atom is -0.485 e. The lowest BCUT2D eigenvalue weighted by Crippen LogP contribution is -2.51. The first kappa shape index (κ1) is 17.0. The summed E-state index contributed by atoms with van der Waals surface area (Å²) in [4.78, 5) is 4.08. The Morgan fingerprint density at radius 1 is 1.36 bits per heavy atom. The first-order chi connectivity index (χ1) is 10.3. The average molecular weight is 340 g/mol. The number of hydrogen-bond donors (Lipinski definition) is 1. The van der Waals surface area contributed by atoms with Gasteiger partial charge in [0.15, 0.2) is 0 Å². The topological polar surface area (TPSA) is 42.8 Å². The molecule has 1 aromatic heterocycles. The Labute approximate surface area is 141 Å². The Morgan fingerprint density at radius 2 is 2.09 bits per heavy atom. The van der Waals surface area contributed by atoms with Gasteiger partial charge in [-0.1, -0.05) is 45.4 Å². The molecule has 0 saturated heterocycles. The monoisotopic (exact) mass is 339 g/mol. The lowest BCUT2D eigenvalue weighted by molar-refractivity contribution is -0.0531. The van der Waals surface area contributed by atoms with Gasteiger partial charge in [-0.15, -0.1) is 0 Å². The molecular weight excluding hydrogens is 318 g/mol. The van der Waals surface area contributed by atoms with Gasteiger partial charge >= 0.3 is 0 Å². The van der Waals surface area contributed by atoms with E-state index in [0.717, 1.165) is 12.2 Å². The second-order valence-electron chi connectivity index (χ2n) is 6.41. The molecule has 1 unspecified atom stereocenters. The smallest absolute Gasteiger partial charge is 0.215 e. The van der Waals surface area contributed by atoms with Gasteiger partial charge in [0.1, 0.15) is 17.7 Å². The van der Waals surface area contributed by atoms with Crippen LogP contribution in [0.1, 0.15) is 34.1 Å². The lowest BCUT2D eigenvalue weighted by Gasteiger charge is -2.44. The van der Waals surface area contributed by atoms with Crippen molar-refractivity contribution in [3.63, 3.8) is 0 Å². The molecule has 2 aromatic rings. The molecule has 2 rings (SSSR count). The minimum atomic E-state index is -0.442. The predicted octanol–water partition coefficient (Wildman–Crippen LogP) is 4.87. The van der Waals surface area contributed by atoms with Gasteiger partial charge in [0.2, 0.25) is 4.77 Å². The van der Waals surface area contributed by atoms with Crippen LogP contribution in [0.2, 0.25) is 5.02 Å². The van der Waals surface area contributed by atoms with E-state index in [-0.39, 0.29) is 5.41 Å². The van der Waals surface area contributed by atoms with Gasteiger partial charge < -0.3 is 4.74 Å². The summed E-state index contributed by atoms with van der Waals surface area (Å²) in [6.07, 6.45) is 2.43. The third-order valence-corrected chi connectivity index (χ3v) is 4.64. The molecule has 120 valence electrons. The van der Waals surface area contributed by atoms with Gasteiger partial charge in [-0.2, -0.15) is 0 Å². The van der Waals surface area contributed by atoms with Crippen LogP contribution >= 0.6 is 23.8 Å². The summed E-state index contributed by atoms with van der Waals surface area (Å²) in [5.74, 6) is 0.760. The van der Waals surface area contributed by atoms with E-state index >= 15 is 0 Å². The van der Waals surface area contributed by atoms with Gasteiger partial charge in [0.05, 0.1) is 6.54 Å². The molecule has 0 aliphatic heterocycles. The first-order valence-corrected chi connectivity index (χ1v) is 8.11. The van der Waals surface area contributed by atoms with Crippen molar-refractivity contribution in [2.24, 2.45) is 5.41 Å². The molecule has 1 aromatic carbocycles. The second kappa shape index (κ2) is 6.42. The average Bonchev–Trinajstić information content (AvgIpc) is 2.82. The summed E-state index contributed by atoms with van der Waals surface area (Å²) in [6, 6.07) is 7.49. The largest absolute Gasteiger partial charge is 0.485 e. The fraction of sp³-hybridized carbons (Fsp3) is 0.500. The van der Waals surface area contributed by atoms with E-state index in [1.807, 2.05) is 28.9 Å². The number of nitrogens with one attached hydrogen (secondary N) is 1. The van der Waals surface area contributed by atoms with Gasteiger partial charge in [-0.05, 0) is 36.8 Å². The number of ether oxygens (including phenoxy) is 1. The Balaban J connectivity index is 2.41. The van der Waals surface area contributed by atoms with Crippen LogP contribution in [0.3, 0.4) is 0 Å². The number of rotatable bonds is 5. The fourth-order valence-corrected chi connectivity index (χ4v) is 2.89. The molecule has 0 aliphatic carbocycles. The van der Waals surface area contributed by atoms with Crippen molar-refractivity contribution < 1.29 is 4.74 Å². The summed E-state index contributed by atoms with van der Waals surface area (Å²) in [5.41, 5.74) is -0.549. The van der Waals surface area contributed by atoms with E-state index in [9.17, 15) is 0 Å². The third kappa shape index (κ3) is 3.52. The molecule has 0 fully saturated rings. The number of H-pyrrole nitrogens is 1. The van der Waals surface area contributed by atoms with Crippen LogP contribution in [-0.2, 0) is 6.54 Å². The van der Waals surface area contributed by atoms with E-state index in [4.69, 9.17) is 28.6 Å². The van der Waals surface area contributed by atoms with E-state index in [1.54, 1.807) is 6.33 Å². The third-order valence-electron chi connectivity index (χ3n) is 4.08. The molecule has 0 amide bonds. The van der Waals surface area contributed by atoms with Crippen LogP contribution < -0.4 is 4.74 Å². The molecule has 0 saturated carbocycles. The SMILES string of the molecule is CCC(Cn1[nH]cnc1=S)(Oc1cccc(Cl)c1)C(C)(C)C. The van der Waals surface area contributed by atoms with Gasteiger partial charge in [-0.3, -0.25) is 9.78 Å². The van der Waals surface area contributed by atoms with E-state index < -0.39 is 5.60 Å². The van der Waals surface area contributed by atoms with Crippen LogP contribution in [0.25, 0.3) is 0 Å². The fourth-order valence-electron chi connectivity index (χ4n) is 2.54. The van der Waals surface area contributed by atoms with Crippen LogP contribution in [0.4, 0.5) is 0 Å². The normalized spacial score (nSPS) is 14.6. The number of aromatic nitrogens is 3. The molecule has 4 nitrogen and oxygen atoms in total. The van der Waals surface area contributed by atoms with E-state index in [0.29, 0.717) is 16.3 Å². The highest BCUT2D eigenvalue weighted by molar-refractivity contribution is 7.71. The molecule has 1 heterocycles. The van der Waals surface area contributed by atoms with Crippen molar-refractivity contribution in [1.82, 2.24) is 14.8 Å². The van der Waals surface area contributed by atoms with Crippen molar-refractivity contribution in [2.75, 3.05) is 0 Å². The summed E-state index contributed by atoms with van der Waals surface area (Å²) >= 11 is 11.3. The van der Waals surface area contributed by atoms with Crippen molar-refractivity contribution in [3.05, 3.63) is 40.4 Å². The molecule has 0 spiro atoms. The zero-order valence-corrected chi connectivity index (χ0v) is 15.0. The maximum Gasteiger partial charge on any atom is 0.215 e. The van der Waals surface area contributed by atoms with Crippen LogP contribution in [0.15, 0.2) is 30.6 Å². The van der Waals surface area contributed by atoms with Crippen LogP contribution in [0, 0.1) is 10.2 Å². The summed E-state index contributed by atoms with van der Waals surface area (Å²) in [7, 11) is 0. The zero-order chi connectivity index (χ0) is 16.4. The summed E-state index contributed by atoms with van der Waals surface area (Å²) in [6.45, 7) is 9.22. The Hall–Kier alpha value is -1.33. The van der Waals surface area contributed by atoms with Gasteiger partial charge in [0.25, 0.3) is 0 Å². The quantitative estimate of drug-likeness (QED) is 0.790. The number of aromatic amines is 1. The number of halogens is 1. The molecule has 1 atom stereocenters. The van der Waals surface area contributed by atoms with Crippen molar-refractivity contribution in [2.45, 2.75) is 46.3 Å². The van der Waals surface area contributed by atoms with Crippen molar-refractivity contribution in [1.29, 1.82) is 0 Å². The zero-order valence-electron chi connectivity index (χ0n) is 13.4. The first-order valence-electron chi connectivity index (χ1n) is 7.32. The molecule has 0 radical (unpaired) electrons. The van der Waals surface area contributed by atoms with Crippen molar-refractivity contribution >= 4 is 23.8 Å². The van der Waals surface area contributed by atoms with Gasteiger partial charge in [0, 0.05) is 10.4 Å². The molecule has 0 aliphatic rings. The van der Waals surface area contributed by atoms with Gasteiger partial charge in [-0.25, -0.2) is 4.98 Å². The molecule has 0 bridgehead atoms. The summed E-state index contributed by atoms with van der Waals surface area (Å²) < 4.78 is 8.79. The maximum atomic E-state index is 6.43. The van der Waals surface area contributed by atoms with E-state index in [2.05, 4.69) is 37.8 Å². The number of benzene rings is 1. The molecule has 1 N–H and O–H groups in total. The molecular formula is C16H22ClN3OS. The molecule has 22 heavy (non-hydrogen) atoms. The Bertz CT molecular complexity index is 689. The Morgan fingerprint density at radius 3 is 2.59 bits per heavy atom. The highest BCUT2D eigenvalue weighted by Crippen LogP contribution is 2.39. The van der Waals surface area contributed by atoms with E-state index in [1.165, 1.54) is 0 Å². The minimum absolute atomic E-state index is 0.107. The van der Waals surface area contributed by atoms with Crippen LogP contribution in [-0.4, -0.2) is 20.4 Å². The standard InChI is InChI=1S/C16H22ClN3OS/c1-5-16(15(2,3)4,10-20-14(22)18-11-19-20)21-13-8-6-7-12(17)9-13/h6-9,11H,5,10H2,1-4H3,(H,18,19,22). The highest BCUT2D eigenvalue weighted by Gasteiger charge is 2.43. The Kier molecular flexibility index (Phi) is 4.97. The number of hydrogen-bond acceptors (Lipinski definition) is 3. The maximum absolute atomic E-state index is 6.43. The second-order valence-corrected chi connectivity index (χ2v) is 7.21. The summed E-state index contributed by atoms with van der Waals surface area (Å²) in [5, 5.41) is 3.72. The van der Waals surface area contributed by atoms with Crippen LogP contribution in [0.5, 0.6) is 5.75 Å². The molecule has 6 heteroatoms. The van der Waals surface area contributed by atoms with Crippen molar-refractivity contribution in [3.8, 4) is 5.75 Å².